The number of benzene rings is 1. The minimum Gasteiger partial charge on any atom is -0.311 e. The van der Waals surface area contributed by atoms with Gasteiger partial charge in [0.1, 0.15) is 5.82 Å². The third kappa shape index (κ3) is 4.44. The zero-order valence-electron chi connectivity index (χ0n) is 12.5. The van der Waals surface area contributed by atoms with Gasteiger partial charge in [-0.15, -0.1) is 0 Å². The van der Waals surface area contributed by atoms with E-state index in [2.05, 4.69) is 31.0 Å². The molecular weight excluding hydrogens is 275 g/mol. The highest BCUT2D eigenvalue weighted by Crippen LogP contribution is 2.22. The molecule has 0 radical (unpaired) electrons. The van der Waals surface area contributed by atoms with E-state index in [9.17, 15) is 4.39 Å². The highest BCUT2D eigenvalue weighted by molar-refractivity contribution is 6.30. The molecule has 1 fully saturated rings. The predicted molar refractivity (Wildman–Crippen MR) is 82.6 cm³/mol. The number of likely N-dealkylation sites (tertiary alicyclic amines) is 1. The first kappa shape index (κ1) is 15.7. The van der Waals surface area contributed by atoms with Crippen molar-refractivity contribution in [1.82, 2.24) is 10.2 Å². The third-order valence-electron chi connectivity index (χ3n) is 3.74. The SMILES string of the molecule is CC(C)(C)NCC1CCCN1Cc1ccc(F)c(Cl)c1. The number of nitrogens with zero attached hydrogens (tertiary/aromatic N) is 1. The van der Waals surface area contributed by atoms with Crippen LogP contribution in [0.2, 0.25) is 5.02 Å². The van der Waals surface area contributed by atoms with Crippen molar-refractivity contribution in [3.8, 4) is 0 Å². The molecular formula is C16H24ClFN2. The first-order valence-corrected chi connectivity index (χ1v) is 7.66. The van der Waals surface area contributed by atoms with E-state index in [4.69, 9.17) is 11.6 Å². The third-order valence-corrected chi connectivity index (χ3v) is 4.03. The maximum atomic E-state index is 13.2. The summed E-state index contributed by atoms with van der Waals surface area (Å²) in [5.41, 5.74) is 1.23. The lowest BCUT2D eigenvalue weighted by Crippen LogP contribution is -2.44. The van der Waals surface area contributed by atoms with Crippen molar-refractivity contribution < 1.29 is 4.39 Å². The highest BCUT2D eigenvalue weighted by atomic mass is 35.5. The average molecular weight is 299 g/mol. The van der Waals surface area contributed by atoms with E-state index >= 15 is 0 Å². The van der Waals surface area contributed by atoms with Gasteiger partial charge in [-0.2, -0.15) is 0 Å². The van der Waals surface area contributed by atoms with Crippen LogP contribution in [-0.2, 0) is 6.54 Å². The summed E-state index contributed by atoms with van der Waals surface area (Å²) in [7, 11) is 0. The average Bonchev–Trinajstić information content (AvgIpc) is 2.78. The Morgan fingerprint density at radius 1 is 1.40 bits per heavy atom. The van der Waals surface area contributed by atoms with Crippen LogP contribution in [0.15, 0.2) is 18.2 Å². The van der Waals surface area contributed by atoms with E-state index in [1.54, 1.807) is 6.07 Å². The molecule has 0 amide bonds. The molecule has 0 aromatic heterocycles. The highest BCUT2D eigenvalue weighted by Gasteiger charge is 2.25. The molecule has 1 aliphatic rings. The van der Waals surface area contributed by atoms with Crippen molar-refractivity contribution in [3.05, 3.63) is 34.6 Å². The second-order valence-electron chi connectivity index (χ2n) is 6.65. The van der Waals surface area contributed by atoms with E-state index in [1.165, 1.54) is 18.9 Å². The summed E-state index contributed by atoms with van der Waals surface area (Å²) in [6.45, 7) is 9.50. The quantitative estimate of drug-likeness (QED) is 0.909. The first-order valence-electron chi connectivity index (χ1n) is 7.28. The van der Waals surface area contributed by atoms with Crippen LogP contribution in [-0.4, -0.2) is 29.6 Å². The van der Waals surface area contributed by atoms with Gasteiger partial charge in [-0.3, -0.25) is 4.90 Å². The molecule has 1 aromatic rings. The van der Waals surface area contributed by atoms with Crippen LogP contribution in [0.25, 0.3) is 0 Å². The van der Waals surface area contributed by atoms with Crippen LogP contribution in [0.5, 0.6) is 0 Å². The second-order valence-corrected chi connectivity index (χ2v) is 7.05. The van der Waals surface area contributed by atoms with E-state index in [1.807, 2.05) is 6.07 Å². The van der Waals surface area contributed by atoms with Gasteiger partial charge < -0.3 is 5.32 Å². The van der Waals surface area contributed by atoms with Gasteiger partial charge in [-0.1, -0.05) is 17.7 Å². The van der Waals surface area contributed by atoms with Crippen LogP contribution in [0.3, 0.4) is 0 Å². The molecule has 1 aromatic carbocycles. The Labute approximate surface area is 126 Å². The van der Waals surface area contributed by atoms with Crippen LogP contribution in [0.4, 0.5) is 4.39 Å². The summed E-state index contributed by atoms with van der Waals surface area (Å²) in [6, 6.07) is 5.57. The molecule has 2 rings (SSSR count). The molecule has 0 spiro atoms. The largest absolute Gasteiger partial charge is 0.311 e. The molecule has 1 saturated heterocycles. The molecule has 112 valence electrons. The molecule has 1 N–H and O–H groups in total. The fourth-order valence-corrected chi connectivity index (χ4v) is 2.83. The molecule has 0 saturated carbocycles. The molecule has 0 aliphatic carbocycles. The predicted octanol–water partition coefficient (Wildman–Crippen LogP) is 3.83. The Morgan fingerprint density at radius 2 is 2.15 bits per heavy atom. The van der Waals surface area contributed by atoms with Gasteiger partial charge in [0.05, 0.1) is 5.02 Å². The molecule has 20 heavy (non-hydrogen) atoms. The molecule has 1 aliphatic heterocycles. The lowest BCUT2D eigenvalue weighted by atomic mass is 10.1. The Bertz CT molecular complexity index is 456. The monoisotopic (exact) mass is 298 g/mol. The maximum absolute atomic E-state index is 13.2. The van der Waals surface area contributed by atoms with Crippen LogP contribution in [0.1, 0.15) is 39.2 Å². The molecule has 0 bridgehead atoms. The molecule has 1 atom stereocenters. The Morgan fingerprint density at radius 3 is 2.80 bits per heavy atom. The zero-order valence-corrected chi connectivity index (χ0v) is 13.3. The molecule has 4 heteroatoms. The summed E-state index contributed by atoms with van der Waals surface area (Å²) in [5.74, 6) is -0.345. The fraction of sp³-hybridized carbons (Fsp3) is 0.625. The lowest BCUT2D eigenvalue weighted by molar-refractivity contribution is 0.226. The number of halogens is 2. The molecule has 2 nitrogen and oxygen atoms in total. The topological polar surface area (TPSA) is 15.3 Å². The standard InChI is InChI=1S/C16H24ClFN2/c1-16(2,3)19-10-13-5-4-8-20(13)11-12-6-7-15(18)14(17)9-12/h6-7,9,13,19H,4-5,8,10-11H2,1-3H3. The normalized spacial score (nSPS) is 20.6. The van der Waals surface area contributed by atoms with E-state index < -0.39 is 0 Å². The molecule has 1 unspecified atom stereocenters. The summed E-state index contributed by atoms with van der Waals surface area (Å²) in [4.78, 5) is 2.46. The Balaban J connectivity index is 1.95. The van der Waals surface area contributed by atoms with Crippen molar-refractivity contribution in [1.29, 1.82) is 0 Å². The summed E-state index contributed by atoms with van der Waals surface area (Å²) in [6.07, 6.45) is 2.45. The second kappa shape index (κ2) is 6.42. The zero-order chi connectivity index (χ0) is 14.8. The number of nitrogens with one attached hydrogen (secondary N) is 1. The van der Waals surface area contributed by atoms with Crippen molar-refractivity contribution in [2.45, 2.75) is 51.7 Å². The summed E-state index contributed by atoms with van der Waals surface area (Å²) >= 11 is 5.85. The van der Waals surface area contributed by atoms with Crippen LogP contribution >= 0.6 is 11.6 Å². The van der Waals surface area contributed by atoms with Gasteiger partial charge >= 0.3 is 0 Å². The van der Waals surface area contributed by atoms with E-state index in [-0.39, 0.29) is 16.4 Å². The van der Waals surface area contributed by atoms with Gasteiger partial charge in [0.25, 0.3) is 0 Å². The van der Waals surface area contributed by atoms with Gasteiger partial charge in [-0.25, -0.2) is 4.39 Å². The number of hydrogen-bond donors (Lipinski definition) is 1. The van der Waals surface area contributed by atoms with Crippen molar-refractivity contribution in [2.24, 2.45) is 0 Å². The maximum Gasteiger partial charge on any atom is 0.141 e. The number of rotatable bonds is 4. The van der Waals surface area contributed by atoms with Gasteiger partial charge in [0.2, 0.25) is 0 Å². The smallest absolute Gasteiger partial charge is 0.141 e. The lowest BCUT2D eigenvalue weighted by Gasteiger charge is -2.29. The Hall–Kier alpha value is -0.640. The molecule has 1 heterocycles. The van der Waals surface area contributed by atoms with Crippen LogP contribution < -0.4 is 5.32 Å². The van der Waals surface area contributed by atoms with Crippen LogP contribution in [0, 0.1) is 5.82 Å². The summed E-state index contributed by atoms with van der Waals surface area (Å²) in [5, 5.41) is 3.79. The van der Waals surface area contributed by atoms with Gasteiger partial charge in [0.15, 0.2) is 0 Å². The fourth-order valence-electron chi connectivity index (χ4n) is 2.63. The Kier molecular flexibility index (Phi) is 5.05. The van der Waals surface area contributed by atoms with E-state index in [0.717, 1.165) is 25.2 Å². The minimum absolute atomic E-state index is 0.146. The number of hydrogen-bond acceptors (Lipinski definition) is 2. The van der Waals surface area contributed by atoms with Crippen molar-refractivity contribution >= 4 is 11.6 Å². The summed E-state index contributed by atoms with van der Waals surface area (Å²) < 4.78 is 13.2. The van der Waals surface area contributed by atoms with Crippen molar-refractivity contribution in [3.63, 3.8) is 0 Å². The van der Waals surface area contributed by atoms with E-state index in [0.29, 0.717) is 6.04 Å². The van der Waals surface area contributed by atoms with Gasteiger partial charge in [0, 0.05) is 24.7 Å². The minimum atomic E-state index is -0.345. The van der Waals surface area contributed by atoms with Crippen molar-refractivity contribution in [2.75, 3.05) is 13.1 Å². The van der Waals surface area contributed by atoms with Gasteiger partial charge in [-0.05, 0) is 57.9 Å². The first-order chi connectivity index (χ1) is 9.35.